The lowest BCUT2D eigenvalue weighted by Gasteiger charge is -2.28. The highest BCUT2D eigenvalue weighted by atomic mass is 79.9. The van der Waals surface area contributed by atoms with Gasteiger partial charge in [-0.25, -0.2) is 17.5 Å². The second kappa shape index (κ2) is 6.37. The Morgan fingerprint density at radius 2 is 2.05 bits per heavy atom. The van der Waals surface area contributed by atoms with E-state index in [0.29, 0.717) is 12.8 Å². The fraction of sp³-hybridized carbons (Fsp3) is 0.500. The molecule has 2 rings (SSSR count). The van der Waals surface area contributed by atoms with Crippen LogP contribution in [0.1, 0.15) is 25.7 Å². The molecule has 1 aromatic rings. The number of benzene rings is 1. The molecule has 0 aliphatic heterocycles. The molecule has 1 aromatic carbocycles. The third-order valence-corrected chi connectivity index (χ3v) is 6.35. The zero-order chi connectivity index (χ0) is 15.8. The van der Waals surface area contributed by atoms with Crippen LogP contribution in [0.3, 0.4) is 0 Å². The summed E-state index contributed by atoms with van der Waals surface area (Å²) in [6.07, 6.45) is 1.88. The Balaban J connectivity index is 2.36. The van der Waals surface area contributed by atoms with E-state index in [-0.39, 0.29) is 15.2 Å². The second-order valence-corrected chi connectivity index (χ2v) is 7.86. The van der Waals surface area contributed by atoms with E-state index in [9.17, 15) is 17.9 Å². The van der Waals surface area contributed by atoms with Crippen molar-refractivity contribution in [2.45, 2.75) is 42.7 Å². The van der Waals surface area contributed by atoms with Crippen LogP contribution >= 0.6 is 27.5 Å². The third-order valence-electron chi connectivity index (χ3n) is 3.48. The van der Waals surface area contributed by atoms with E-state index in [0.717, 1.165) is 18.9 Å². The molecule has 0 amide bonds. The van der Waals surface area contributed by atoms with Gasteiger partial charge < -0.3 is 10.8 Å². The van der Waals surface area contributed by atoms with Crippen molar-refractivity contribution in [1.29, 1.82) is 0 Å². The minimum atomic E-state index is -4.16. The molecule has 21 heavy (non-hydrogen) atoms. The third kappa shape index (κ3) is 3.50. The molecule has 1 saturated carbocycles. The number of rotatable bonds is 3. The second-order valence-electron chi connectivity index (χ2n) is 4.98. The van der Waals surface area contributed by atoms with Crippen molar-refractivity contribution >= 4 is 43.2 Å². The molecule has 1 aliphatic carbocycles. The first-order valence-electron chi connectivity index (χ1n) is 6.37. The van der Waals surface area contributed by atoms with Crippen molar-refractivity contribution in [2.24, 2.45) is 0 Å². The van der Waals surface area contributed by atoms with Crippen LogP contribution in [-0.2, 0) is 10.0 Å². The number of sulfonamides is 1. The average molecular weight is 402 g/mol. The summed E-state index contributed by atoms with van der Waals surface area (Å²) in [6.45, 7) is 0. The molecule has 0 aromatic heterocycles. The van der Waals surface area contributed by atoms with E-state index < -0.39 is 32.9 Å². The molecule has 0 radical (unpaired) electrons. The van der Waals surface area contributed by atoms with Crippen LogP contribution in [0.4, 0.5) is 10.1 Å². The molecule has 2 unspecified atom stereocenters. The smallest absolute Gasteiger partial charge is 0.243 e. The number of hydrogen-bond acceptors (Lipinski definition) is 4. The van der Waals surface area contributed by atoms with E-state index in [1.807, 2.05) is 0 Å². The van der Waals surface area contributed by atoms with Gasteiger partial charge in [0.2, 0.25) is 10.0 Å². The van der Waals surface area contributed by atoms with Gasteiger partial charge in [-0.15, -0.1) is 0 Å². The SMILES string of the molecule is Nc1c(F)c(S(=O)(=O)NC2CCCCC2O)cc(Cl)c1Br. The molecular formula is C12H15BrClFN2O3S. The minimum Gasteiger partial charge on any atom is -0.395 e. The predicted molar refractivity (Wildman–Crippen MR) is 82.1 cm³/mol. The van der Waals surface area contributed by atoms with Crippen molar-refractivity contribution in [3.8, 4) is 0 Å². The number of aliphatic hydroxyl groups is 1. The van der Waals surface area contributed by atoms with Gasteiger partial charge in [-0.05, 0) is 34.8 Å². The van der Waals surface area contributed by atoms with Crippen LogP contribution in [-0.4, -0.2) is 25.7 Å². The Morgan fingerprint density at radius 3 is 2.67 bits per heavy atom. The molecule has 0 heterocycles. The number of nitrogens with two attached hydrogens (primary N) is 1. The van der Waals surface area contributed by atoms with Crippen molar-refractivity contribution in [3.05, 3.63) is 21.4 Å². The number of aliphatic hydroxyl groups excluding tert-OH is 1. The first kappa shape index (κ1) is 17.0. The molecule has 5 nitrogen and oxygen atoms in total. The summed E-state index contributed by atoms with van der Waals surface area (Å²) in [5, 5.41) is 9.82. The van der Waals surface area contributed by atoms with Gasteiger partial charge >= 0.3 is 0 Å². The van der Waals surface area contributed by atoms with Crippen molar-refractivity contribution in [1.82, 2.24) is 4.72 Å². The lowest BCUT2D eigenvalue weighted by Crippen LogP contribution is -2.45. The molecule has 1 fully saturated rings. The van der Waals surface area contributed by atoms with Gasteiger partial charge in [-0.1, -0.05) is 24.4 Å². The van der Waals surface area contributed by atoms with Crippen molar-refractivity contribution in [2.75, 3.05) is 5.73 Å². The highest BCUT2D eigenvalue weighted by Gasteiger charge is 2.31. The minimum absolute atomic E-state index is 0.00142. The standard InChI is InChI=1S/C12H15BrClFN2O3S/c13-10-6(14)5-9(11(15)12(10)16)21(19,20)17-7-3-1-2-4-8(7)18/h5,7-8,17-18H,1-4,16H2. The summed E-state index contributed by atoms with van der Waals surface area (Å²) >= 11 is 8.82. The topological polar surface area (TPSA) is 92.4 Å². The molecule has 0 bridgehead atoms. The molecule has 9 heteroatoms. The molecule has 0 saturated heterocycles. The van der Waals surface area contributed by atoms with Gasteiger partial charge in [-0.2, -0.15) is 0 Å². The quantitative estimate of drug-likeness (QED) is 0.536. The molecule has 118 valence electrons. The monoisotopic (exact) mass is 400 g/mol. The van der Waals surface area contributed by atoms with E-state index in [1.165, 1.54) is 0 Å². The Labute approximate surface area is 135 Å². The molecule has 1 aliphatic rings. The van der Waals surface area contributed by atoms with Crippen LogP contribution in [0, 0.1) is 5.82 Å². The number of nitrogen functional groups attached to an aromatic ring is 1. The van der Waals surface area contributed by atoms with Crippen LogP contribution in [0.15, 0.2) is 15.4 Å². The maximum absolute atomic E-state index is 14.1. The molecular weight excluding hydrogens is 387 g/mol. The number of hydrogen-bond donors (Lipinski definition) is 3. The maximum atomic E-state index is 14.1. The zero-order valence-electron chi connectivity index (χ0n) is 10.9. The molecule has 0 spiro atoms. The first-order valence-corrected chi connectivity index (χ1v) is 9.03. The Kier molecular flexibility index (Phi) is 5.15. The van der Waals surface area contributed by atoms with E-state index >= 15 is 0 Å². The average Bonchev–Trinajstić information content (AvgIpc) is 2.42. The van der Waals surface area contributed by atoms with Gasteiger partial charge in [0.1, 0.15) is 4.90 Å². The lowest BCUT2D eigenvalue weighted by molar-refractivity contribution is 0.101. The van der Waals surface area contributed by atoms with Gasteiger partial charge in [-0.3, -0.25) is 0 Å². The number of nitrogens with one attached hydrogen (secondary N) is 1. The highest BCUT2D eigenvalue weighted by molar-refractivity contribution is 9.10. The zero-order valence-corrected chi connectivity index (χ0v) is 14.1. The Bertz CT molecular complexity index is 656. The predicted octanol–water partition coefficient (Wildman–Crippen LogP) is 2.41. The summed E-state index contributed by atoms with van der Waals surface area (Å²) in [7, 11) is -4.16. The highest BCUT2D eigenvalue weighted by Crippen LogP contribution is 2.35. The summed E-state index contributed by atoms with van der Waals surface area (Å²) in [6, 6.07) is 0.362. The summed E-state index contributed by atoms with van der Waals surface area (Å²) in [5.41, 5.74) is 5.12. The fourth-order valence-electron chi connectivity index (χ4n) is 2.31. The lowest BCUT2D eigenvalue weighted by atomic mass is 9.93. The Morgan fingerprint density at radius 1 is 1.43 bits per heavy atom. The molecule has 2 atom stereocenters. The van der Waals surface area contributed by atoms with E-state index in [1.54, 1.807) is 0 Å². The van der Waals surface area contributed by atoms with Crippen molar-refractivity contribution < 1.29 is 17.9 Å². The maximum Gasteiger partial charge on any atom is 0.243 e. The molecule has 4 N–H and O–H groups in total. The van der Waals surface area contributed by atoms with Crippen molar-refractivity contribution in [3.63, 3.8) is 0 Å². The van der Waals surface area contributed by atoms with Crippen LogP contribution in [0.5, 0.6) is 0 Å². The van der Waals surface area contributed by atoms with Gasteiger partial charge in [0.05, 0.1) is 21.3 Å². The fourth-order valence-corrected chi connectivity index (χ4v) is 4.29. The van der Waals surface area contributed by atoms with Gasteiger partial charge in [0.15, 0.2) is 5.82 Å². The number of anilines is 1. The van der Waals surface area contributed by atoms with Gasteiger partial charge in [0, 0.05) is 6.04 Å². The summed E-state index contributed by atoms with van der Waals surface area (Å²) in [4.78, 5) is -0.619. The number of halogens is 3. The van der Waals surface area contributed by atoms with Crippen LogP contribution in [0.2, 0.25) is 5.02 Å². The Hall–Kier alpha value is -0.410. The van der Waals surface area contributed by atoms with Crippen LogP contribution < -0.4 is 10.5 Å². The summed E-state index contributed by atoms with van der Waals surface area (Å²) < 4.78 is 41.1. The largest absolute Gasteiger partial charge is 0.395 e. The van der Waals surface area contributed by atoms with Gasteiger partial charge in [0.25, 0.3) is 0 Å². The first-order chi connectivity index (χ1) is 9.74. The van der Waals surface area contributed by atoms with Crippen LogP contribution in [0.25, 0.3) is 0 Å². The van der Waals surface area contributed by atoms with E-state index in [2.05, 4.69) is 20.7 Å². The normalized spacial score (nSPS) is 23.2. The summed E-state index contributed by atoms with van der Waals surface area (Å²) in [5.74, 6) is -1.07. The van der Waals surface area contributed by atoms with E-state index in [4.69, 9.17) is 17.3 Å².